The molecule has 27 heavy (non-hydrogen) atoms. The third-order valence-electron chi connectivity index (χ3n) is 4.12. The Labute approximate surface area is 161 Å². The van der Waals surface area contributed by atoms with Crippen molar-refractivity contribution in [2.45, 2.75) is 38.8 Å². The maximum atomic E-state index is 12.5. The number of amides is 1. The Kier molecular flexibility index (Phi) is 5.50. The molecule has 0 aliphatic carbocycles. The first-order valence-electron chi connectivity index (χ1n) is 8.62. The Morgan fingerprint density at radius 2 is 2.11 bits per heavy atom. The first-order valence-corrected chi connectivity index (χ1v) is 9.60. The maximum absolute atomic E-state index is 12.5. The van der Waals surface area contributed by atoms with Crippen LogP contribution in [0.3, 0.4) is 0 Å². The van der Waals surface area contributed by atoms with Gasteiger partial charge in [-0.1, -0.05) is 43.8 Å². The number of aryl methyl sites for hydroxylation is 2. The van der Waals surface area contributed by atoms with Gasteiger partial charge in [0.05, 0.1) is 5.75 Å². The number of nitrogens with one attached hydrogen (secondary N) is 2. The number of thioether (sulfide) groups is 1. The second-order valence-electron chi connectivity index (χ2n) is 6.64. The van der Waals surface area contributed by atoms with Gasteiger partial charge in [0.15, 0.2) is 0 Å². The van der Waals surface area contributed by atoms with Crippen LogP contribution in [0.5, 0.6) is 0 Å². The van der Waals surface area contributed by atoms with Crippen LogP contribution in [0.15, 0.2) is 29.4 Å². The molecule has 0 aliphatic heterocycles. The molecule has 0 atom stereocenters. The zero-order chi connectivity index (χ0) is 19.6. The zero-order valence-corrected chi connectivity index (χ0v) is 16.6. The van der Waals surface area contributed by atoms with Crippen molar-refractivity contribution in [3.05, 3.63) is 41.1 Å². The fraction of sp³-hybridized carbons (Fsp3) is 0.333. The van der Waals surface area contributed by atoms with E-state index in [2.05, 4.69) is 39.6 Å². The predicted molar refractivity (Wildman–Crippen MR) is 107 cm³/mol. The molecule has 8 nitrogen and oxygen atoms in total. The normalized spacial score (nSPS) is 11.1. The molecule has 1 amide bonds. The Balaban J connectivity index is 1.68. The highest BCUT2D eigenvalue weighted by atomic mass is 32.2. The molecule has 9 heteroatoms. The van der Waals surface area contributed by atoms with Crippen LogP contribution in [0.4, 0.5) is 5.69 Å². The minimum atomic E-state index is -0.114. The Bertz CT molecular complexity index is 961. The molecule has 1 aromatic carbocycles. The molecule has 142 valence electrons. The largest absolute Gasteiger partial charge is 0.335 e. The van der Waals surface area contributed by atoms with E-state index in [9.17, 15) is 4.79 Å². The summed E-state index contributed by atoms with van der Waals surface area (Å²) in [6.07, 6.45) is 0. The van der Waals surface area contributed by atoms with Crippen molar-refractivity contribution in [1.82, 2.24) is 25.1 Å². The predicted octanol–water partition coefficient (Wildman–Crippen LogP) is 2.85. The highest BCUT2D eigenvalue weighted by Crippen LogP contribution is 2.28. The number of rotatable bonds is 6. The van der Waals surface area contributed by atoms with Gasteiger partial charge in [-0.2, -0.15) is 5.10 Å². The van der Waals surface area contributed by atoms with E-state index in [0.717, 1.165) is 22.5 Å². The van der Waals surface area contributed by atoms with E-state index in [1.54, 1.807) is 0 Å². The van der Waals surface area contributed by atoms with E-state index >= 15 is 0 Å². The minimum absolute atomic E-state index is 0.114. The summed E-state index contributed by atoms with van der Waals surface area (Å²) >= 11 is 1.23. The first-order chi connectivity index (χ1) is 12.9. The smallest absolute Gasteiger partial charge is 0.234 e. The van der Waals surface area contributed by atoms with Crippen molar-refractivity contribution in [3.63, 3.8) is 0 Å². The number of para-hydroxylation sites is 1. The van der Waals surface area contributed by atoms with Gasteiger partial charge in [0.1, 0.15) is 5.69 Å². The molecule has 0 fully saturated rings. The first kappa shape index (κ1) is 19.0. The van der Waals surface area contributed by atoms with Gasteiger partial charge < -0.3 is 11.2 Å². The van der Waals surface area contributed by atoms with Crippen LogP contribution in [0.25, 0.3) is 11.5 Å². The number of anilines is 1. The molecule has 0 aliphatic rings. The van der Waals surface area contributed by atoms with Crippen molar-refractivity contribution >= 4 is 23.4 Å². The van der Waals surface area contributed by atoms with Crippen LogP contribution < -0.4 is 11.2 Å². The third kappa shape index (κ3) is 4.13. The quantitative estimate of drug-likeness (QED) is 0.444. The molecule has 0 spiro atoms. The van der Waals surface area contributed by atoms with Crippen LogP contribution >= 0.6 is 11.8 Å². The molecular weight excluding hydrogens is 362 g/mol. The SMILES string of the molecule is Cc1cc(-c2nnc(SCC(=O)Nc3c(C)cccc3C(C)C)n2N)n[nH]1. The number of hydrogen-bond donors (Lipinski definition) is 3. The molecule has 2 aromatic heterocycles. The van der Waals surface area contributed by atoms with Crippen LogP contribution in [0.1, 0.15) is 36.6 Å². The van der Waals surface area contributed by atoms with Crippen molar-refractivity contribution in [2.24, 2.45) is 0 Å². The molecule has 4 N–H and O–H groups in total. The number of nitrogens with two attached hydrogens (primary N) is 1. The summed E-state index contributed by atoms with van der Waals surface area (Å²) in [7, 11) is 0. The summed E-state index contributed by atoms with van der Waals surface area (Å²) < 4.78 is 1.35. The molecule has 0 saturated heterocycles. The van der Waals surface area contributed by atoms with E-state index in [0.29, 0.717) is 22.6 Å². The average molecular weight is 385 g/mol. The second-order valence-corrected chi connectivity index (χ2v) is 7.59. The van der Waals surface area contributed by atoms with Gasteiger partial charge in [-0.05, 0) is 37.0 Å². The summed E-state index contributed by atoms with van der Waals surface area (Å²) in [5.41, 5.74) is 4.55. The Morgan fingerprint density at radius 3 is 2.78 bits per heavy atom. The highest BCUT2D eigenvalue weighted by molar-refractivity contribution is 7.99. The van der Waals surface area contributed by atoms with Crippen LogP contribution in [-0.4, -0.2) is 36.7 Å². The average Bonchev–Trinajstić information content (AvgIpc) is 3.20. The lowest BCUT2D eigenvalue weighted by Crippen LogP contribution is -2.18. The van der Waals surface area contributed by atoms with Crippen molar-refractivity contribution in [1.29, 1.82) is 0 Å². The lowest BCUT2D eigenvalue weighted by atomic mass is 9.98. The zero-order valence-electron chi connectivity index (χ0n) is 15.8. The van der Waals surface area contributed by atoms with Crippen molar-refractivity contribution in [2.75, 3.05) is 16.9 Å². The van der Waals surface area contributed by atoms with Gasteiger partial charge >= 0.3 is 0 Å². The monoisotopic (exact) mass is 385 g/mol. The molecule has 0 saturated carbocycles. The van der Waals surface area contributed by atoms with Gasteiger partial charge in [-0.3, -0.25) is 9.89 Å². The number of hydrogen-bond acceptors (Lipinski definition) is 6. The summed E-state index contributed by atoms with van der Waals surface area (Å²) in [6.45, 7) is 8.09. The molecular formula is C18H23N7OS. The van der Waals surface area contributed by atoms with Gasteiger partial charge in [-0.15, -0.1) is 10.2 Å². The molecule has 0 unspecified atom stereocenters. The molecule has 0 radical (unpaired) electrons. The van der Waals surface area contributed by atoms with Crippen molar-refractivity contribution in [3.8, 4) is 11.5 Å². The standard InChI is InChI=1S/C18H23N7OS/c1-10(2)13-7-5-6-11(3)16(13)20-15(26)9-27-18-24-23-17(25(18)19)14-8-12(4)21-22-14/h5-8,10H,9,19H2,1-4H3,(H,20,26)(H,21,22). The topological polar surface area (TPSA) is 115 Å². The van der Waals surface area contributed by atoms with Gasteiger partial charge in [0, 0.05) is 11.4 Å². The van der Waals surface area contributed by atoms with E-state index in [1.807, 2.05) is 38.1 Å². The highest BCUT2D eigenvalue weighted by Gasteiger charge is 2.17. The van der Waals surface area contributed by atoms with Gasteiger partial charge in [0.25, 0.3) is 0 Å². The number of carbonyl (C=O) groups excluding carboxylic acids is 1. The molecule has 3 aromatic rings. The second kappa shape index (κ2) is 7.83. The number of benzene rings is 1. The van der Waals surface area contributed by atoms with Crippen molar-refractivity contribution < 1.29 is 4.79 Å². The number of H-pyrrole nitrogens is 1. The summed E-state index contributed by atoms with van der Waals surface area (Å²) in [5, 5.41) is 18.6. The summed E-state index contributed by atoms with van der Waals surface area (Å²) in [4.78, 5) is 12.5. The molecule has 3 rings (SSSR count). The van der Waals surface area contributed by atoms with Crippen LogP contribution in [0, 0.1) is 13.8 Å². The van der Waals surface area contributed by atoms with Crippen LogP contribution in [0.2, 0.25) is 0 Å². The number of nitrogen functional groups attached to an aromatic ring is 1. The summed E-state index contributed by atoms with van der Waals surface area (Å²) in [6, 6.07) is 7.86. The summed E-state index contributed by atoms with van der Waals surface area (Å²) in [5.74, 6) is 6.89. The Hall–Kier alpha value is -2.81. The number of nitrogens with zero attached hydrogens (tertiary/aromatic N) is 4. The minimum Gasteiger partial charge on any atom is -0.335 e. The number of aromatic amines is 1. The fourth-order valence-corrected chi connectivity index (χ4v) is 3.39. The fourth-order valence-electron chi connectivity index (χ4n) is 2.73. The van der Waals surface area contributed by atoms with E-state index in [4.69, 9.17) is 5.84 Å². The van der Waals surface area contributed by atoms with Gasteiger partial charge in [0.2, 0.25) is 16.9 Å². The number of carbonyl (C=O) groups is 1. The number of aromatic nitrogens is 5. The van der Waals surface area contributed by atoms with E-state index in [1.165, 1.54) is 16.4 Å². The molecule has 2 heterocycles. The Morgan fingerprint density at radius 1 is 1.33 bits per heavy atom. The van der Waals surface area contributed by atoms with Crippen LogP contribution in [-0.2, 0) is 4.79 Å². The molecule has 0 bridgehead atoms. The van der Waals surface area contributed by atoms with E-state index in [-0.39, 0.29) is 11.7 Å². The lowest BCUT2D eigenvalue weighted by Gasteiger charge is -2.16. The lowest BCUT2D eigenvalue weighted by molar-refractivity contribution is -0.113. The van der Waals surface area contributed by atoms with E-state index < -0.39 is 0 Å². The third-order valence-corrected chi connectivity index (χ3v) is 5.07. The van der Waals surface area contributed by atoms with Gasteiger partial charge in [-0.25, -0.2) is 4.68 Å². The maximum Gasteiger partial charge on any atom is 0.234 e.